The number of aryl methyl sites for hydroxylation is 1. The fourth-order valence-corrected chi connectivity index (χ4v) is 2.03. The number of benzene rings is 1. The minimum atomic E-state index is -0.359. The molecule has 0 amide bonds. The van der Waals surface area contributed by atoms with Crippen LogP contribution in [0.1, 0.15) is 22.6 Å². The van der Waals surface area contributed by atoms with Crippen LogP contribution in [-0.2, 0) is 6.42 Å². The number of nitrogens with zero attached hydrogens (tertiary/aromatic N) is 2. The van der Waals surface area contributed by atoms with E-state index >= 15 is 0 Å². The molecule has 0 aliphatic rings. The van der Waals surface area contributed by atoms with Gasteiger partial charge in [-0.1, -0.05) is 29.3 Å². The van der Waals surface area contributed by atoms with Crippen LogP contribution in [0, 0.1) is 19.7 Å². The van der Waals surface area contributed by atoms with E-state index in [1.165, 1.54) is 12.1 Å². The van der Waals surface area contributed by atoms with E-state index < -0.39 is 0 Å². The molecule has 0 aliphatic heterocycles. The number of hydrogen-bond donors (Lipinski definition) is 0. The fourth-order valence-electron chi connectivity index (χ4n) is 1.56. The molecule has 94 valence electrons. The van der Waals surface area contributed by atoms with E-state index in [9.17, 15) is 4.39 Å². The molecule has 0 saturated heterocycles. The van der Waals surface area contributed by atoms with Crippen LogP contribution < -0.4 is 0 Å². The number of rotatable bonds is 2. The molecule has 0 radical (unpaired) electrons. The van der Waals surface area contributed by atoms with Gasteiger partial charge in [0.1, 0.15) is 16.8 Å². The summed E-state index contributed by atoms with van der Waals surface area (Å²) in [5, 5.41) is 0.809. The summed E-state index contributed by atoms with van der Waals surface area (Å²) in [4.78, 5) is 8.54. The molecule has 2 rings (SSSR count). The molecule has 0 N–H and O–H groups in total. The number of hydrogen-bond acceptors (Lipinski definition) is 2. The zero-order chi connectivity index (χ0) is 13.3. The average molecular weight is 285 g/mol. The first-order valence-electron chi connectivity index (χ1n) is 5.41. The Morgan fingerprint density at radius 2 is 1.89 bits per heavy atom. The average Bonchev–Trinajstić information content (AvgIpc) is 2.29. The first kappa shape index (κ1) is 13.2. The maximum atomic E-state index is 12.9. The first-order valence-corrected chi connectivity index (χ1v) is 6.16. The Hall–Kier alpha value is -1.19. The van der Waals surface area contributed by atoms with Gasteiger partial charge in [0, 0.05) is 22.7 Å². The van der Waals surface area contributed by atoms with Crippen molar-refractivity contribution in [3.8, 4) is 0 Å². The maximum Gasteiger partial charge on any atom is 0.135 e. The molecule has 5 heteroatoms. The van der Waals surface area contributed by atoms with Gasteiger partial charge in [-0.2, -0.15) is 0 Å². The molecule has 0 spiro atoms. The van der Waals surface area contributed by atoms with Gasteiger partial charge in [0.15, 0.2) is 0 Å². The topological polar surface area (TPSA) is 25.8 Å². The van der Waals surface area contributed by atoms with Crippen LogP contribution in [0.2, 0.25) is 10.2 Å². The van der Waals surface area contributed by atoms with Crippen LogP contribution in [-0.4, -0.2) is 9.97 Å². The lowest BCUT2D eigenvalue weighted by Crippen LogP contribution is -2.02. The molecule has 1 heterocycles. The van der Waals surface area contributed by atoms with Gasteiger partial charge >= 0.3 is 0 Å². The van der Waals surface area contributed by atoms with Crippen molar-refractivity contribution in [1.82, 2.24) is 9.97 Å². The van der Waals surface area contributed by atoms with E-state index in [0.717, 1.165) is 16.8 Å². The van der Waals surface area contributed by atoms with Gasteiger partial charge in [-0.15, -0.1) is 0 Å². The van der Waals surface area contributed by atoms with Crippen LogP contribution in [0.3, 0.4) is 0 Å². The lowest BCUT2D eigenvalue weighted by molar-refractivity contribution is 0.627. The van der Waals surface area contributed by atoms with Crippen LogP contribution >= 0.6 is 23.2 Å². The third kappa shape index (κ3) is 2.79. The van der Waals surface area contributed by atoms with Crippen LogP contribution in [0.4, 0.5) is 4.39 Å². The van der Waals surface area contributed by atoms with Crippen molar-refractivity contribution in [2.45, 2.75) is 20.3 Å². The van der Waals surface area contributed by atoms with Crippen LogP contribution in [0.25, 0.3) is 0 Å². The Morgan fingerprint density at radius 3 is 2.50 bits per heavy atom. The second-order valence-corrected chi connectivity index (χ2v) is 4.82. The van der Waals surface area contributed by atoms with E-state index in [2.05, 4.69) is 9.97 Å². The molecule has 2 aromatic rings. The summed E-state index contributed by atoms with van der Waals surface area (Å²) < 4.78 is 12.9. The highest BCUT2D eigenvalue weighted by atomic mass is 35.5. The summed E-state index contributed by atoms with van der Waals surface area (Å²) in [6.07, 6.45) is 0.431. The van der Waals surface area contributed by atoms with Crippen molar-refractivity contribution in [2.75, 3.05) is 0 Å². The van der Waals surface area contributed by atoms with E-state index in [0.29, 0.717) is 22.4 Å². The zero-order valence-corrected chi connectivity index (χ0v) is 11.5. The normalized spacial score (nSPS) is 10.7. The summed E-state index contributed by atoms with van der Waals surface area (Å²) >= 11 is 12.0. The van der Waals surface area contributed by atoms with Crippen molar-refractivity contribution in [3.05, 3.63) is 56.8 Å². The highest BCUT2D eigenvalue weighted by Gasteiger charge is 2.09. The van der Waals surface area contributed by atoms with Gasteiger partial charge in [-0.25, -0.2) is 14.4 Å². The molecule has 1 aromatic heterocycles. The predicted molar refractivity (Wildman–Crippen MR) is 70.7 cm³/mol. The molecule has 0 fully saturated rings. The van der Waals surface area contributed by atoms with Gasteiger partial charge in [0.05, 0.1) is 0 Å². The molecule has 0 aliphatic carbocycles. The Morgan fingerprint density at radius 1 is 1.17 bits per heavy atom. The van der Waals surface area contributed by atoms with Gasteiger partial charge in [-0.05, 0) is 31.5 Å². The van der Waals surface area contributed by atoms with Crippen molar-refractivity contribution >= 4 is 23.2 Å². The van der Waals surface area contributed by atoms with Gasteiger partial charge in [0.25, 0.3) is 0 Å². The van der Waals surface area contributed by atoms with Crippen molar-refractivity contribution in [3.63, 3.8) is 0 Å². The van der Waals surface area contributed by atoms with Crippen molar-refractivity contribution < 1.29 is 4.39 Å². The Kier molecular flexibility index (Phi) is 3.83. The molecular formula is C13H11Cl2FN2. The Labute approximate surface area is 115 Å². The molecule has 2 nitrogen and oxygen atoms in total. The fraction of sp³-hybridized carbons (Fsp3) is 0.231. The Bertz CT molecular complexity index is 577. The molecule has 0 unspecified atom stereocenters. The maximum absolute atomic E-state index is 12.9. The van der Waals surface area contributed by atoms with Gasteiger partial charge in [0.2, 0.25) is 0 Å². The lowest BCUT2D eigenvalue weighted by atomic mass is 10.1. The molecule has 18 heavy (non-hydrogen) atoms. The minimum Gasteiger partial charge on any atom is -0.238 e. The number of aromatic nitrogens is 2. The highest BCUT2D eigenvalue weighted by Crippen LogP contribution is 2.21. The lowest BCUT2D eigenvalue weighted by Gasteiger charge is -2.07. The monoisotopic (exact) mass is 284 g/mol. The van der Waals surface area contributed by atoms with E-state index in [1.54, 1.807) is 6.07 Å². The smallest absolute Gasteiger partial charge is 0.135 e. The van der Waals surface area contributed by atoms with Crippen molar-refractivity contribution in [2.24, 2.45) is 0 Å². The summed E-state index contributed by atoms with van der Waals surface area (Å²) in [6.45, 7) is 3.74. The second-order valence-electron chi connectivity index (χ2n) is 4.05. The molecule has 0 saturated carbocycles. The van der Waals surface area contributed by atoms with Crippen LogP contribution in [0.5, 0.6) is 0 Å². The van der Waals surface area contributed by atoms with Crippen LogP contribution in [0.15, 0.2) is 18.2 Å². The standard InChI is InChI=1S/C13H11Cl2FN2/c1-7-8(2)17-12(18-13(7)15)5-9-3-4-10(16)6-11(9)14/h3-4,6H,5H2,1-2H3. The minimum absolute atomic E-state index is 0.359. The predicted octanol–water partition coefficient (Wildman–Crippen LogP) is 4.13. The highest BCUT2D eigenvalue weighted by molar-refractivity contribution is 6.31. The zero-order valence-electron chi connectivity index (χ0n) is 9.97. The molecule has 0 bridgehead atoms. The van der Waals surface area contributed by atoms with Crippen molar-refractivity contribution in [1.29, 1.82) is 0 Å². The Balaban J connectivity index is 2.34. The van der Waals surface area contributed by atoms with E-state index in [-0.39, 0.29) is 5.82 Å². The van der Waals surface area contributed by atoms with Gasteiger partial charge in [-0.3, -0.25) is 0 Å². The molecule has 0 atom stereocenters. The number of halogens is 3. The quantitative estimate of drug-likeness (QED) is 0.775. The molecular weight excluding hydrogens is 274 g/mol. The summed E-state index contributed by atoms with van der Waals surface area (Å²) in [5.74, 6) is 0.222. The molecule has 1 aromatic carbocycles. The van der Waals surface area contributed by atoms with E-state index in [4.69, 9.17) is 23.2 Å². The first-order chi connectivity index (χ1) is 8.47. The summed E-state index contributed by atoms with van der Waals surface area (Å²) in [7, 11) is 0. The second kappa shape index (κ2) is 5.21. The summed E-state index contributed by atoms with van der Waals surface area (Å²) in [6, 6.07) is 4.27. The third-order valence-electron chi connectivity index (χ3n) is 2.74. The SMILES string of the molecule is Cc1nc(Cc2ccc(F)cc2Cl)nc(Cl)c1C. The largest absolute Gasteiger partial charge is 0.238 e. The van der Waals surface area contributed by atoms with Gasteiger partial charge < -0.3 is 0 Å². The summed E-state index contributed by atoms with van der Waals surface area (Å²) in [5.41, 5.74) is 2.48. The van der Waals surface area contributed by atoms with E-state index in [1.807, 2.05) is 13.8 Å². The third-order valence-corrected chi connectivity index (χ3v) is 3.46.